The monoisotopic (exact) mass is 195 g/mol. The van der Waals surface area contributed by atoms with Gasteiger partial charge < -0.3 is 5.73 Å². The first-order chi connectivity index (χ1) is 6.77. The molecule has 0 fully saturated rings. The normalized spacial score (nSPS) is 10.5. The summed E-state index contributed by atoms with van der Waals surface area (Å²) >= 11 is 0. The van der Waals surface area contributed by atoms with Crippen molar-refractivity contribution in [3.63, 3.8) is 0 Å². The fourth-order valence-corrected chi connectivity index (χ4v) is 1.53. The van der Waals surface area contributed by atoms with E-state index < -0.39 is 0 Å². The summed E-state index contributed by atoms with van der Waals surface area (Å²) in [5.41, 5.74) is 7.45. The standard InChI is InChI=1S/C12H18FN/c1-2-11-9-10(5-3-4-8-14)6-7-12(11)13/h6-7,9H,2-5,8,14H2,1H3. The van der Waals surface area contributed by atoms with Gasteiger partial charge in [0.15, 0.2) is 0 Å². The molecular formula is C12H18FN. The smallest absolute Gasteiger partial charge is 0.126 e. The van der Waals surface area contributed by atoms with Crippen LogP contribution in [0.4, 0.5) is 4.39 Å². The SMILES string of the molecule is CCc1cc(CCCCN)ccc1F. The van der Waals surface area contributed by atoms with Crippen molar-refractivity contribution in [2.45, 2.75) is 32.6 Å². The molecule has 0 saturated carbocycles. The highest BCUT2D eigenvalue weighted by molar-refractivity contribution is 5.25. The zero-order valence-electron chi connectivity index (χ0n) is 8.72. The molecule has 14 heavy (non-hydrogen) atoms. The van der Waals surface area contributed by atoms with Crippen LogP contribution in [0.2, 0.25) is 0 Å². The van der Waals surface area contributed by atoms with Crippen molar-refractivity contribution in [3.8, 4) is 0 Å². The summed E-state index contributed by atoms with van der Waals surface area (Å²) in [6, 6.07) is 5.40. The molecule has 0 aliphatic heterocycles. The molecular weight excluding hydrogens is 177 g/mol. The highest BCUT2D eigenvalue weighted by atomic mass is 19.1. The lowest BCUT2D eigenvalue weighted by Crippen LogP contribution is -1.99. The second-order valence-corrected chi connectivity index (χ2v) is 3.53. The van der Waals surface area contributed by atoms with Crippen molar-refractivity contribution in [2.24, 2.45) is 5.73 Å². The average molecular weight is 195 g/mol. The molecule has 0 bridgehead atoms. The van der Waals surface area contributed by atoms with Crippen LogP contribution in [0.5, 0.6) is 0 Å². The zero-order valence-corrected chi connectivity index (χ0v) is 8.72. The van der Waals surface area contributed by atoms with Crippen LogP contribution in [0.3, 0.4) is 0 Å². The van der Waals surface area contributed by atoms with Gasteiger partial charge in [-0.25, -0.2) is 4.39 Å². The van der Waals surface area contributed by atoms with Crippen molar-refractivity contribution >= 4 is 0 Å². The number of aryl methyl sites for hydroxylation is 2. The molecule has 0 heterocycles. The summed E-state index contributed by atoms with van der Waals surface area (Å²) in [6.45, 7) is 2.71. The second kappa shape index (κ2) is 5.76. The van der Waals surface area contributed by atoms with Gasteiger partial charge in [0.25, 0.3) is 0 Å². The lowest BCUT2D eigenvalue weighted by molar-refractivity contribution is 0.610. The van der Waals surface area contributed by atoms with Crippen LogP contribution < -0.4 is 5.73 Å². The fraction of sp³-hybridized carbons (Fsp3) is 0.500. The van der Waals surface area contributed by atoms with Crippen molar-refractivity contribution in [2.75, 3.05) is 6.54 Å². The summed E-state index contributed by atoms with van der Waals surface area (Å²) in [7, 11) is 0. The Bertz CT molecular complexity index is 284. The molecule has 2 heteroatoms. The molecule has 0 spiro atoms. The van der Waals surface area contributed by atoms with E-state index in [2.05, 4.69) is 0 Å². The van der Waals surface area contributed by atoms with E-state index in [-0.39, 0.29) is 5.82 Å². The minimum Gasteiger partial charge on any atom is -0.330 e. The van der Waals surface area contributed by atoms with Gasteiger partial charge in [-0.15, -0.1) is 0 Å². The summed E-state index contributed by atoms with van der Waals surface area (Å²) < 4.78 is 13.1. The largest absolute Gasteiger partial charge is 0.330 e. The molecule has 0 aliphatic carbocycles. The molecule has 1 rings (SSSR count). The Morgan fingerprint density at radius 1 is 1.29 bits per heavy atom. The van der Waals surface area contributed by atoms with Crippen LogP contribution >= 0.6 is 0 Å². The predicted octanol–water partition coefficient (Wildman–Crippen LogP) is 2.67. The summed E-state index contributed by atoms with van der Waals surface area (Å²) in [6.07, 6.45) is 3.89. The van der Waals surface area contributed by atoms with E-state index in [0.717, 1.165) is 37.8 Å². The molecule has 0 aliphatic rings. The van der Waals surface area contributed by atoms with E-state index >= 15 is 0 Å². The maximum absolute atomic E-state index is 13.1. The first-order valence-electron chi connectivity index (χ1n) is 5.25. The van der Waals surface area contributed by atoms with Gasteiger partial charge in [0.1, 0.15) is 5.82 Å². The predicted molar refractivity (Wildman–Crippen MR) is 57.8 cm³/mol. The van der Waals surface area contributed by atoms with Gasteiger partial charge in [-0.3, -0.25) is 0 Å². The number of hydrogen-bond acceptors (Lipinski definition) is 1. The molecule has 1 nitrogen and oxygen atoms in total. The quantitative estimate of drug-likeness (QED) is 0.718. The molecule has 0 unspecified atom stereocenters. The van der Waals surface area contributed by atoms with Gasteiger partial charge in [0.05, 0.1) is 0 Å². The molecule has 1 aromatic carbocycles. The van der Waals surface area contributed by atoms with Crippen molar-refractivity contribution in [1.29, 1.82) is 0 Å². The van der Waals surface area contributed by atoms with Crippen molar-refractivity contribution in [3.05, 3.63) is 35.1 Å². The van der Waals surface area contributed by atoms with Crippen molar-refractivity contribution < 1.29 is 4.39 Å². The molecule has 2 N–H and O–H groups in total. The third kappa shape index (κ3) is 3.11. The number of unbranched alkanes of at least 4 members (excludes halogenated alkanes) is 1. The lowest BCUT2D eigenvalue weighted by Gasteiger charge is -2.04. The van der Waals surface area contributed by atoms with E-state index in [4.69, 9.17) is 5.73 Å². The Hall–Kier alpha value is -0.890. The number of nitrogens with two attached hydrogens (primary N) is 1. The minimum absolute atomic E-state index is 0.0879. The Labute approximate surface area is 85.1 Å². The van der Waals surface area contributed by atoms with Crippen LogP contribution in [-0.2, 0) is 12.8 Å². The molecule has 78 valence electrons. The maximum Gasteiger partial charge on any atom is 0.126 e. The lowest BCUT2D eigenvalue weighted by atomic mass is 10.0. The van der Waals surface area contributed by atoms with Gasteiger partial charge in [-0.1, -0.05) is 19.1 Å². The highest BCUT2D eigenvalue weighted by Gasteiger charge is 2.01. The number of halogens is 1. The first kappa shape index (κ1) is 11.2. The first-order valence-corrected chi connectivity index (χ1v) is 5.25. The van der Waals surface area contributed by atoms with Gasteiger partial charge in [-0.05, 0) is 49.4 Å². The average Bonchev–Trinajstić information content (AvgIpc) is 2.21. The van der Waals surface area contributed by atoms with E-state index in [1.807, 2.05) is 19.1 Å². The third-order valence-electron chi connectivity index (χ3n) is 2.41. The van der Waals surface area contributed by atoms with Crippen molar-refractivity contribution in [1.82, 2.24) is 0 Å². The molecule has 0 atom stereocenters. The fourth-order valence-electron chi connectivity index (χ4n) is 1.53. The molecule has 1 aromatic rings. The van der Waals surface area contributed by atoms with Crippen LogP contribution in [0, 0.1) is 5.82 Å². The number of hydrogen-bond donors (Lipinski definition) is 1. The summed E-state index contributed by atoms with van der Waals surface area (Å²) in [4.78, 5) is 0. The molecule has 0 aromatic heterocycles. The summed E-state index contributed by atoms with van der Waals surface area (Å²) in [5, 5.41) is 0. The zero-order chi connectivity index (χ0) is 10.4. The molecule has 0 saturated heterocycles. The second-order valence-electron chi connectivity index (χ2n) is 3.53. The Morgan fingerprint density at radius 2 is 2.07 bits per heavy atom. The Balaban J connectivity index is 2.60. The van der Waals surface area contributed by atoms with Crippen LogP contribution in [0.15, 0.2) is 18.2 Å². The molecule has 0 radical (unpaired) electrons. The Kier molecular flexibility index (Phi) is 4.60. The van der Waals surface area contributed by atoms with E-state index in [0.29, 0.717) is 0 Å². The Morgan fingerprint density at radius 3 is 2.71 bits per heavy atom. The third-order valence-corrected chi connectivity index (χ3v) is 2.41. The van der Waals surface area contributed by atoms with E-state index in [1.165, 1.54) is 5.56 Å². The van der Waals surface area contributed by atoms with Crippen LogP contribution in [-0.4, -0.2) is 6.54 Å². The molecule has 0 amide bonds. The van der Waals surface area contributed by atoms with Gasteiger partial charge in [-0.2, -0.15) is 0 Å². The maximum atomic E-state index is 13.1. The van der Waals surface area contributed by atoms with Gasteiger partial charge in [0.2, 0.25) is 0 Å². The minimum atomic E-state index is -0.0879. The van der Waals surface area contributed by atoms with Crippen LogP contribution in [0.1, 0.15) is 30.9 Å². The van der Waals surface area contributed by atoms with Gasteiger partial charge in [0, 0.05) is 0 Å². The number of rotatable bonds is 5. The topological polar surface area (TPSA) is 26.0 Å². The van der Waals surface area contributed by atoms with E-state index in [9.17, 15) is 4.39 Å². The van der Waals surface area contributed by atoms with Gasteiger partial charge >= 0.3 is 0 Å². The van der Waals surface area contributed by atoms with E-state index in [1.54, 1.807) is 6.07 Å². The van der Waals surface area contributed by atoms with Crippen LogP contribution in [0.25, 0.3) is 0 Å². The summed E-state index contributed by atoms with van der Waals surface area (Å²) in [5.74, 6) is -0.0879. The number of benzene rings is 1. The highest BCUT2D eigenvalue weighted by Crippen LogP contribution is 2.13.